The van der Waals surface area contributed by atoms with Gasteiger partial charge in [0.05, 0.1) is 12.2 Å². The summed E-state index contributed by atoms with van der Waals surface area (Å²) in [6.45, 7) is 4.69. The van der Waals surface area contributed by atoms with Gasteiger partial charge in [-0.15, -0.1) is 0 Å². The summed E-state index contributed by atoms with van der Waals surface area (Å²) >= 11 is 0. The maximum Gasteiger partial charge on any atom is 0.0709 e. The van der Waals surface area contributed by atoms with E-state index in [-0.39, 0.29) is 12.0 Å². The van der Waals surface area contributed by atoms with Crippen LogP contribution in [0.25, 0.3) is 0 Å². The van der Waals surface area contributed by atoms with E-state index in [1.807, 2.05) is 12.1 Å². The summed E-state index contributed by atoms with van der Waals surface area (Å²) in [5.74, 6) is 1.09. The van der Waals surface area contributed by atoms with E-state index >= 15 is 0 Å². The minimum absolute atomic E-state index is 0.102. The molecule has 2 aliphatic rings. The van der Waals surface area contributed by atoms with Gasteiger partial charge in [-0.05, 0) is 60.5 Å². The molecule has 0 bridgehead atoms. The summed E-state index contributed by atoms with van der Waals surface area (Å²) in [6, 6.07) is 8.26. The van der Waals surface area contributed by atoms with E-state index in [0.717, 1.165) is 31.2 Å². The average Bonchev–Trinajstić information content (AvgIpc) is 2.70. The van der Waals surface area contributed by atoms with Crippen molar-refractivity contribution < 1.29 is 10.2 Å². The van der Waals surface area contributed by atoms with E-state index < -0.39 is 5.60 Å². The molecule has 0 heterocycles. The molecule has 0 radical (unpaired) electrons. The highest BCUT2D eigenvalue weighted by Crippen LogP contribution is 2.60. The molecule has 2 nitrogen and oxygen atoms in total. The van der Waals surface area contributed by atoms with Crippen molar-refractivity contribution in [2.75, 3.05) is 0 Å². The van der Waals surface area contributed by atoms with Crippen LogP contribution in [0.4, 0.5) is 0 Å². The maximum absolute atomic E-state index is 11.1. The zero-order chi connectivity index (χ0) is 14.4. The Labute approximate surface area is 121 Å². The van der Waals surface area contributed by atoms with E-state index in [4.69, 9.17) is 5.11 Å². The van der Waals surface area contributed by atoms with Crippen LogP contribution in [-0.4, -0.2) is 15.8 Å². The summed E-state index contributed by atoms with van der Waals surface area (Å²) in [5, 5.41) is 20.3. The monoisotopic (exact) mass is 274 g/mol. The smallest absolute Gasteiger partial charge is 0.0709 e. The van der Waals surface area contributed by atoms with E-state index in [1.165, 1.54) is 12.0 Å². The van der Waals surface area contributed by atoms with Gasteiger partial charge in [0.1, 0.15) is 0 Å². The molecular weight excluding hydrogens is 248 g/mol. The van der Waals surface area contributed by atoms with Gasteiger partial charge in [-0.25, -0.2) is 0 Å². The van der Waals surface area contributed by atoms with Crippen LogP contribution in [0.5, 0.6) is 0 Å². The fourth-order valence-electron chi connectivity index (χ4n) is 4.50. The first kappa shape index (κ1) is 14.1. The lowest BCUT2D eigenvalue weighted by molar-refractivity contribution is -0.102. The van der Waals surface area contributed by atoms with E-state index in [9.17, 15) is 5.11 Å². The summed E-state index contributed by atoms with van der Waals surface area (Å²) < 4.78 is 0. The third kappa shape index (κ3) is 2.01. The standard InChI is InChI=1S/C18H26O2/c1-13-7-10-18(20)11-16(8-9-17(13,18)2)15-5-3-14(12-19)4-6-15/h3-6,13,16,19-20H,7-12H2,1-2H3. The number of aliphatic hydroxyl groups is 2. The zero-order valence-corrected chi connectivity index (χ0v) is 12.6. The number of hydrogen-bond acceptors (Lipinski definition) is 2. The molecule has 4 atom stereocenters. The highest BCUT2D eigenvalue weighted by Gasteiger charge is 2.57. The van der Waals surface area contributed by atoms with Crippen LogP contribution >= 0.6 is 0 Å². The highest BCUT2D eigenvalue weighted by atomic mass is 16.3. The summed E-state index contributed by atoms with van der Waals surface area (Å²) in [5.41, 5.74) is 1.90. The SMILES string of the molecule is CC1CCC2(O)CC(c3ccc(CO)cc3)CCC12C. The third-order valence-corrected chi connectivity index (χ3v) is 6.37. The van der Waals surface area contributed by atoms with Crippen LogP contribution < -0.4 is 0 Å². The minimum atomic E-state index is -0.481. The second-order valence-electron chi connectivity index (χ2n) is 7.23. The number of hydrogen-bond donors (Lipinski definition) is 2. The van der Waals surface area contributed by atoms with Gasteiger partial charge in [0.15, 0.2) is 0 Å². The predicted molar refractivity (Wildman–Crippen MR) is 80.4 cm³/mol. The summed E-state index contributed by atoms with van der Waals surface area (Å²) in [6.07, 6.45) is 5.30. The van der Waals surface area contributed by atoms with E-state index in [0.29, 0.717) is 11.8 Å². The largest absolute Gasteiger partial charge is 0.392 e. The Morgan fingerprint density at radius 3 is 2.50 bits per heavy atom. The van der Waals surface area contributed by atoms with Crippen LogP contribution in [0.2, 0.25) is 0 Å². The lowest BCUT2D eigenvalue weighted by Gasteiger charge is -2.49. The molecule has 1 aromatic rings. The van der Waals surface area contributed by atoms with Gasteiger partial charge < -0.3 is 10.2 Å². The van der Waals surface area contributed by atoms with Gasteiger partial charge >= 0.3 is 0 Å². The van der Waals surface area contributed by atoms with Crippen molar-refractivity contribution in [2.45, 2.75) is 64.1 Å². The number of benzene rings is 1. The Hall–Kier alpha value is -0.860. The molecule has 2 saturated carbocycles. The maximum atomic E-state index is 11.1. The van der Waals surface area contributed by atoms with Crippen LogP contribution in [-0.2, 0) is 6.61 Å². The van der Waals surface area contributed by atoms with Crippen molar-refractivity contribution in [1.82, 2.24) is 0 Å². The van der Waals surface area contributed by atoms with Gasteiger partial charge in [0, 0.05) is 0 Å². The predicted octanol–water partition coefficient (Wildman–Crippen LogP) is 3.61. The van der Waals surface area contributed by atoms with Gasteiger partial charge in [0.25, 0.3) is 0 Å². The second-order valence-corrected chi connectivity index (χ2v) is 7.23. The van der Waals surface area contributed by atoms with Crippen LogP contribution in [0, 0.1) is 11.3 Å². The molecule has 2 N–H and O–H groups in total. The minimum Gasteiger partial charge on any atom is -0.392 e. The molecule has 0 spiro atoms. The van der Waals surface area contributed by atoms with Crippen LogP contribution in [0.1, 0.15) is 63.0 Å². The Kier molecular flexibility index (Phi) is 3.42. The molecule has 4 unspecified atom stereocenters. The van der Waals surface area contributed by atoms with Crippen molar-refractivity contribution in [3.8, 4) is 0 Å². The molecule has 0 aliphatic heterocycles. The number of rotatable bonds is 2. The van der Waals surface area contributed by atoms with Gasteiger partial charge in [-0.2, -0.15) is 0 Å². The van der Waals surface area contributed by atoms with Gasteiger partial charge in [-0.1, -0.05) is 38.1 Å². The summed E-state index contributed by atoms with van der Waals surface area (Å²) in [7, 11) is 0. The number of fused-ring (bicyclic) bond motifs is 1. The van der Waals surface area contributed by atoms with Crippen molar-refractivity contribution in [2.24, 2.45) is 11.3 Å². The van der Waals surface area contributed by atoms with Crippen molar-refractivity contribution in [1.29, 1.82) is 0 Å². The fraction of sp³-hybridized carbons (Fsp3) is 0.667. The topological polar surface area (TPSA) is 40.5 Å². The Morgan fingerprint density at radius 1 is 1.15 bits per heavy atom. The third-order valence-electron chi connectivity index (χ3n) is 6.37. The lowest BCUT2D eigenvalue weighted by Crippen LogP contribution is -2.48. The lowest BCUT2D eigenvalue weighted by atomic mass is 9.59. The summed E-state index contributed by atoms with van der Waals surface area (Å²) in [4.78, 5) is 0. The molecule has 20 heavy (non-hydrogen) atoms. The molecule has 110 valence electrons. The Bertz CT molecular complexity index is 481. The first-order valence-corrected chi connectivity index (χ1v) is 7.90. The molecule has 0 aromatic heterocycles. The zero-order valence-electron chi connectivity index (χ0n) is 12.6. The highest BCUT2D eigenvalue weighted by molar-refractivity contribution is 5.27. The second kappa shape index (κ2) is 4.85. The van der Waals surface area contributed by atoms with Crippen molar-refractivity contribution >= 4 is 0 Å². The Morgan fingerprint density at radius 2 is 1.85 bits per heavy atom. The first-order valence-electron chi connectivity index (χ1n) is 7.90. The average molecular weight is 274 g/mol. The van der Waals surface area contributed by atoms with Crippen molar-refractivity contribution in [3.63, 3.8) is 0 Å². The van der Waals surface area contributed by atoms with Crippen LogP contribution in [0.15, 0.2) is 24.3 Å². The normalized spacial score (nSPS) is 40.6. The van der Waals surface area contributed by atoms with Crippen LogP contribution in [0.3, 0.4) is 0 Å². The number of aliphatic hydroxyl groups excluding tert-OH is 1. The molecule has 1 aromatic carbocycles. The van der Waals surface area contributed by atoms with Crippen molar-refractivity contribution in [3.05, 3.63) is 35.4 Å². The molecule has 2 aliphatic carbocycles. The molecule has 0 saturated heterocycles. The van der Waals surface area contributed by atoms with Gasteiger partial charge in [-0.3, -0.25) is 0 Å². The fourth-order valence-corrected chi connectivity index (χ4v) is 4.50. The molecule has 3 rings (SSSR count). The molecule has 2 heteroatoms. The first-order chi connectivity index (χ1) is 9.48. The van der Waals surface area contributed by atoms with E-state index in [1.54, 1.807) is 0 Å². The molecule has 2 fully saturated rings. The Balaban J connectivity index is 1.81. The van der Waals surface area contributed by atoms with E-state index in [2.05, 4.69) is 26.0 Å². The molecule has 0 amide bonds. The quantitative estimate of drug-likeness (QED) is 0.865. The van der Waals surface area contributed by atoms with Gasteiger partial charge in [0.2, 0.25) is 0 Å². The molecular formula is C18H26O2.